The third kappa shape index (κ3) is 3.52. The number of nitrogens with zero attached hydrogens (tertiary/aromatic N) is 1. The number of rotatable bonds is 6. The maximum atomic E-state index is 13.3. The Morgan fingerprint density at radius 3 is 2.79 bits per heavy atom. The fourth-order valence-electron chi connectivity index (χ4n) is 4.43. The second-order valence-electron chi connectivity index (χ2n) is 7.40. The Balaban J connectivity index is 1.49. The van der Waals surface area contributed by atoms with Crippen molar-refractivity contribution in [3.8, 4) is 0 Å². The van der Waals surface area contributed by atoms with Crippen LogP contribution in [0, 0.1) is 0 Å². The Hall–Kier alpha value is -1.67. The van der Waals surface area contributed by atoms with E-state index in [4.69, 9.17) is 9.47 Å². The number of Topliss-reactive ketones (excluding diaryl/α,β-unsaturated/α-hetero) is 1. The molecule has 0 aromatic heterocycles. The lowest BCUT2D eigenvalue weighted by molar-refractivity contribution is -0.158. The summed E-state index contributed by atoms with van der Waals surface area (Å²) >= 11 is 1.52. The molecular weight excluding hydrogens is 376 g/mol. The number of fused-ring (bicyclic) bond motifs is 1. The number of hydrogen-bond donors (Lipinski definition) is 1. The number of ketones is 1. The maximum absolute atomic E-state index is 13.3. The lowest BCUT2D eigenvalue weighted by Crippen LogP contribution is -2.54. The van der Waals surface area contributed by atoms with Crippen LogP contribution in [0.25, 0.3) is 6.08 Å². The van der Waals surface area contributed by atoms with E-state index in [1.807, 2.05) is 29.2 Å². The molecule has 0 bridgehead atoms. The van der Waals surface area contributed by atoms with E-state index in [9.17, 15) is 9.59 Å². The van der Waals surface area contributed by atoms with Gasteiger partial charge < -0.3 is 14.4 Å². The summed E-state index contributed by atoms with van der Waals surface area (Å²) in [7, 11) is 3.19. The molecule has 1 aromatic rings. The number of carbonyl (C=O) groups excluding carboxylic acids is 2. The predicted octanol–water partition coefficient (Wildman–Crippen LogP) is 1.84. The Morgan fingerprint density at radius 2 is 2.04 bits per heavy atom. The molecule has 3 aliphatic rings. The number of ether oxygens (including phenoxy) is 2. The first-order valence-corrected chi connectivity index (χ1v) is 10.7. The topological polar surface area (TPSA) is 67.9 Å². The van der Waals surface area contributed by atoms with Crippen LogP contribution in [0.15, 0.2) is 29.8 Å². The van der Waals surface area contributed by atoms with Gasteiger partial charge in [0.1, 0.15) is 6.04 Å². The Morgan fingerprint density at radius 1 is 1.25 bits per heavy atom. The van der Waals surface area contributed by atoms with Gasteiger partial charge in [0.25, 0.3) is 0 Å². The molecule has 6 nitrogen and oxygen atoms in total. The first kappa shape index (κ1) is 19.6. The number of amides is 1. The molecule has 1 aromatic carbocycles. The molecule has 1 N–H and O–H groups in total. The summed E-state index contributed by atoms with van der Waals surface area (Å²) in [5, 5.41) is 2.86. The fourth-order valence-corrected chi connectivity index (χ4v) is 5.60. The highest BCUT2D eigenvalue weighted by Crippen LogP contribution is 2.33. The van der Waals surface area contributed by atoms with Gasteiger partial charge in [0.2, 0.25) is 5.91 Å². The van der Waals surface area contributed by atoms with Crippen LogP contribution < -0.4 is 5.32 Å². The number of hydrogen-bond acceptors (Lipinski definition) is 6. The lowest BCUT2D eigenvalue weighted by Gasteiger charge is -2.32. The Labute approximate surface area is 169 Å². The highest BCUT2D eigenvalue weighted by molar-refractivity contribution is 8.01. The summed E-state index contributed by atoms with van der Waals surface area (Å²) < 4.78 is 10.8. The molecule has 3 atom stereocenters. The summed E-state index contributed by atoms with van der Waals surface area (Å²) in [4.78, 5) is 28.4. The molecular formula is C21H26N2O4S. The van der Waals surface area contributed by atoms with Gasteiger partial charge in [-0.3, -0.25) is 14.9 Å². The minimum atomic E-state index is -0.503. The molecule has 28 heavy (non-hydrogen) atoms. The van der Waals surface area contributed by atoms with Crippen molar-refractivity contribution in [2.75, 3.05) is 26.6 Å². The van der Waals surface area contributed by atoms with E-state index in [2.05, 4.69) is 11.4 Å². The van der Waals surface area contributed by atoms with Crippen molar-refractivity contribution in [2.45, 2.75) is 42.9 Å². The van der Waals surface area contributed by atoms with E-state index in [0.717, 1.165) is 24.0 Å². The first-order valence-electron chi connectivity index (χ1n) is 9.67. The van der Waals surface area contributed by atoms with E-state index in [1.54, 1.807) is 14.2 Å². The molecule has 0 spiro atoms. The predicted molar refractivity (Wildman–Crippen MR) is 109 cm³/mol. The Kier molecular flexibility index (Phi) is 5.87. The van der Waals surface area contributed by atoms with Crippen LogP contribution in [-0.4, -0.2) is 66.9 Å². The summed E-state index contributed by atoms with van der Waals surface area (Å²) in [5.74, 6) is 0.639. The zero-order chi connectivity index (χ0) is 19.7. The molecule has 150 valence electrons. The van der Waals surface area contributed by atoms with Crippen LogP contribution in [0.4, 0.5) is 0 Å². The van der Waals surface area contributed by atoms with Crippen molar-refractivity contribution >= 4 is 29.5 Å². The summed E-state index contributed by atoms with van der Waals surface area (Å²) in [6.45, 7) is 0.671. The molecule has 0 radical (unpaired) electrons. The monoisotopic (exact) mass is 402 g/mol. The SMILES string of the molecule is COC(OC)[C@@H]1CCCN1C(=O)[C@H]1NCSC1C(=O)C1=Cc2ccccc2C1. The smallest absolute Gasteiger partial charge is 0.241 e. The third-order valence-electron chi connectivity index (χ3n) is 5.84. The van der Waals surface area contributed by atoms with E-state index in [0.29, 0.717) is 18.8 Å². The van der Waals surface area contributed by atoms with Crippen molar-refractivity contribution in [1.82, 2.24) is 10.2 Å². The van der Waals surface area contributed by atoms with Crippen LogP contribution >= 0.6 is 11.8 Å². The average molecular weight is 403 g/mol. The van der Waals surface area contributed by atoms with Gasteiger partial charge in [-0.25, -0.2) is 0 Å². The zero-order valence-electron chi connectivity index (χ0n) is 16.2. The summed E-state index contributed by atoms with van der Waals surface area (Å²) in [6, 6.07) is 7.45. The number of carbonyl (C=O) groups is 2. The maximum Gasteiger partial charge on any atom is 0.241 e. The van der Waals surface area contributed by atoms with Crippen LogP contribution in [0.3, 0.4) is 0 Å². The van der Waals surface area contributed by atoms with E-state index >= 15 is 0 Å². The van der Waals surface area contributed by atoms with E-state index < -0.39 is 17.6 Å². The second-order valence-corrected chi connectivity index (χ2v) is 8.53. The van der Waals surface area contributed by atoms with Gasteiger partial charge in [-0.15, -0.1) is 11.8 Å². The quantitative estimate of drug-likeness (QED) is 0.733. The van der Waals surface area contributed by atoms with Crippen LogP contribution in [0.2, 0.25) is 0 Å². The average Bonchev–Trinajstić information content (AvgIpc) is 3.46. The van der Waals surface area contributed by atoms with Crippen LogP contribution in [0.1, 0.15) is 24.0 Å². The van der Waals surface area contributed by atoms with Crippen molar-refractivity contribution in [3.05, 3.63) is 41.0 Å². The van der Waals surface area contributed by atoms with E-state index in [1.165, 1.54) is 17.3 Å². The molecule has 0 saturated carbocycles. The molecule has 7 heteroatoms. The van der Waals surface area contributed by atoms with Crippen molar-refractivity contribution < 1.29 is 19.1 Å². The Bertz CT molecular complexity index is 792. The molecule has 2 fully saturated rings. The minimum absolute atomic E-state index is 0.0268. The standard InChI is InChI=1S/C21H26N2O4S/c1-26-21(27-2)16-8-5-9-23(16)20(25)17-19(28-12-22-17)18(24)15-10-13-6-3-4-7-14(13)11-15/h3-4,6-7,10,16-17,19,21-22H,5,8-9,11-12H2,1-2H3/t16-,17-,19?/m0/s1. The van der Waals surface area contributed by atoms with Crippen molar-refractivity contribution in [3.63, 3.8) is 0 Å². The number of methoxy groups -OCH3 is 2. The molecule has 1 amide bonds. The van der Waals surface area contributed by atoms with Gasteiger partial charge in [0, 0.05) is 38.6 Å². The molecule has 2 saturated heterocycles. The number of nitrogens with one attached hydrogen (secondary N) is 1. The molecule has 2 heterocycles. The van der Waals surface area contributed by atoms with Gasteiger partial charge in [-0.1, -0.05) is 24.3 Å². The van der Waals surface area contributed by atoms with Crippen molar-refractivity contribution in [2.24, 2.45) is 0 Å². The van der Waals surface area contributed by atoms with Gasteiger partial charge in [-0.05, 0) is 30.0 Å². The van der Waals surface area contributed by atoms with Gasteiger partial charge >= 0.3 is 0 Å². The van der Waals surface area contributed by atoms with Gasteiger partial charge in [0.05, 0.1) is 11.3 Å². The molecule has 1 unspecified atom stereocenters. The largest absolute Gasteiger partial charge is 0.354 e. The van der Waals surface area contributed by atoms with Crippen LogP contribution in [-0.2, 0) is 25.5 Å². The number of benzene rings is 1. The lowest BCUT2D eigenvalue weighted by atomic mass is 10.0. The molecule has 2 aliphatic heterocycles. The fraction of sp³-hybridized carbons (Fsp3) is 0.524. The summed E-state index contributed by atoms with van der Waals surface area (Å²) in [6.07, 6.45) is 3.94. The number of thioether (sulfide) groups is 1. The minimum Gasteiger partial charge on any atom is -0.354 e. The molecule has 4 rings (SSSR count). The first-order chi connectivity index (χ1) is 13.6. The zero-order valence-corrected chi connectivity index (χ0v) is 17.0. The summed E-state index contributed by atoms with van der Waals surface area (Å²) in [5.41, 5.74) is 3.07. The third-order valence-corrected chi connectivity index (χ3v) is 7.02. The highest BCUT2D eigenvalue weighted by Gasteiger charge is 2.45. The highest BCUT2D eigenvalue weighted by atomic mass is 32.2. The number of allylic oxidation sites excluding steroid dienone is 1. The van der Waals surface area contributed by atoms with Gasteiger partial charge in [0.15, 0.2) is 12.1 Å². The van der Waals surface area contributed by atoms with Crippen LogP contribution in [0.5, 0.6) is 0 Å². The second kappa shape index (κ2) is 8.37. The van der Waals surface area contributed by atoms with Crippen molar-refractivity contribution in [1.29, 1.82) is 0 Å². The van der Waals surface area contributed by atoms with E-state index in [-0.39, 0.29) is 17.7 Å². The van der Waals surface area contributed by atoms with Gasteiger partial charge in [-0.2, -0.15) is 0 Å². The molecule has 1 aliphatic carbocycles. The number of likely N-dealkylation sites (tertiary alicyclic amines) is 1. The normalized spacial score (nSPS) is 26.6.